The second kappa shape index (κ2) is 15.2. The van der Waals surface area contributed by atoms with Crippen LogP contribution < -0.4 is 4.74 Å². The molecule has 0 radical (unpaired) electrons. The van der Waals surface area contributed by atoms with Crippen LogP contribution in [0.5, 0.6) is 5.75 Å². The topological polar surface area (TPSA) is 27.7 Å². The summed E-state index contributed by atoms with van der Waals surface area (Å²) in [6.07, 6.45) is 5.24. The first-order valence-corrected chi connectivity index (χ1v) is 9.50. The van der Waals surface area contributed by atoms with Crippen LogP contribution in [-0.4, -0.2) is 33.0 Å². The highest BCUT2D eigenvalue weighted by atomic mass is 16.5. The molecule has 0 N–H and O–H groups in total. The van der Waals surface area contributed by atoms with Gasteiger partial charge in [0.05, 0.1) is 19.8 Å². The van der Waals surface area contributed by atoms with E-state index < -0.39 is 0 Å². The Hall–Kier alpha value is -2.10. The van der Waals surface area contributed by atoms with Crippen LogP contribution in [-0.2, 0) is 9.47 Å². The third kappa shape index (κ3) is 10.0. The Morgan fingerprint density at radius 1 is 0.654 bits per heavy atom. The van der Waals surface area contributed by atoms with Crippen LogP contribution in [0.4, 0.5) is 0 Å². The standard InChI is InChI=1S/C21H26O3.C2H6/c1-2-14-22-15-16-23-17-18-24-21-12-10-20(11-13-21)9-8-19-6-4-3-5-7-19;1-2/h3-13H,2,14-18H2,1H3;1-2H3/b9-8+;. The van der Waals surface area contributed by atoms with Crippen LogP contribution in [0.15, 0.2) is 54.6 Å². The lowest BCUT2D eigenvalue weighted by atomic mass is 10.1. The third-order valence-corrected chi connectivity index (χ3v) is 3.36. The van der Waals surface area contributed by atoms with Crippen molar-refractivity contribution in [3.63, 3.8) is 0 Å². The largest absolute Gasteiger partial charge is 0.491 e. The zero-order valence-corrected chi connectivity index (χ0v) is 16.3. The van der Waals surface area contributed by atoms with E-state index in [4.69, 9.17) is 14.2 Å². The van der Waals surface area contributed by atoms with E-state index in [1.807, 2.05) is 56.3 Å². The number of hydrogen-bond acceptors (Lipinski definition) is 3. The molecule has 0 saturated heterocycles. The highest BCUT2D eigenvalue weighted by Gasteiger charge is 1.95. The van der Waals surface area contributed by atoms with Crippen molar-refractivity contribution in [2.75, 3.05) is 33.0 Å². The van der Waals surface area contributed by atoms with Crippen molar-refractivity contribution in [2.45, 2.75) is 27.2 Å². The van der Waals surface area contributed by atoms with E-state index in [1.54, 1.807) is 0 Å². The molecular weight excluding hydrogens is 324 g/mol. The maximum Gasteiger partial charge on any atom is 0.119 e. The molecular formula is C23H32O3. The van der Waals surface area contributed by atoms with Crippen LogP contribution in [0.3, 0.4) is 0 Å². The summed E-state index contributed by atoms with van der Waals surface area (Å²) in [5.41, 5.74) is 2.34. The van der Waals surface area contributed by atoms with Crippen molar-refractivity contribution in [3.8, 4) is 5.75 Å². The number of hydrogen-bond donors (Lipinski definition) is 0. The van der Waals surface area contributed by atoms with Crippen molar-refractivity contribution in [1.82, 2.24) is 0 Å². The van der Waals surface area contributed by atoms with Crippen LogP contribution in [0.2, 0.25) is 0 Å². The average molecular weight is 357 g/mol. The second-order valence-corrected chi connectivity index (χ2v) is 5.39. The van der Waals surface area contributed by atoms with Gasteiger partial charge in [-0.15, -0.1) is 0 Å². The van der Waals surface area contributed by atoms with E-state index in [0.717, 1.165) is 24.3 Å². The summed E-state index contributed by atoms with van der Waals surface area (Å²) in [6.45, 7) is 9.28. The van der Waals surface area contributed by atoms with Gasteiger partial charge in [0.1, 0.15) is 12.4 Å². The molecule has 0 amide bonds. The van der Waals surface area contributed by atoms with Gasteiger partial charge in [-0.3, -0.25) is 0 Å². The normalized spacial score (nSPS) is 10.4. The molecule has 0 aliphatic carbocycles. The lowest BCUT2D eigenvalue weighted by Crippen LogP contribution is -2.11. The summed E-state index contributed by atoms with van der Waals surface area (Å²) in [5.74, 6) is 0.859. The summed E-state index contributed by atoms with van der Waals surface area (Å²) in [6, 6.07) is 18.3. The minimum Gasteiger partial charge on any atom is -0.491 e. The Morgan fingerprint density at radius 3 is 1.81 bits per heavy atom. The highest BCUT2D eigenvalue weighted by molar-refractivity contribution is 5.69. The Bertz CT molecular complexity index is 576. The predicted octanol–water partition coefficient (Wildman–Crippen LogP) is 5.71. The molecule has 0 aromatic heterocycles. The third-order valence-electron chi connectivity index (χ3n) is 3.36. The van der Waals surface area contributed by atoms with E-state index in [9.17, 15) is 0 Å². The molecule has 0 saturated carbocycles. The van der Waals surface area contributed by atoms with Gasteiger partial charge in [-0.1, -0.05) is 75.4 Å². The molecule has 2 rings (SSSR count). The Kier molecular flexibility index (Phi) is 12.8. The van der Waals surface area contributed by atoms with E-state index >= 15 is 0 Å². The van der Waals surface area contributed by atoms with Crippen LogP contribution in [0, 0.1) is 0 Å². The van der Waals surface area contributed by atoms with E-state index in [2.05, 4.69) is 31.2 Å². The number of ether oxygens (including phenoxy) is 3. The molecule has 0 bridgehead atoms. The fourth-order valence-corrected chi connectivity index (χ4v) is 2.12. The van der Waals surface area contributed by atoms with E-state index in [1.165, 1.54) is 5.56 Å². The summed E-state index contributed by atoms with van der Waals surface area (Å²) < 4.78 is 16.5. The summed E-state index contributed by atoms with van der Waals surface area (Å²) >= 11 is 0. The van der Waals surface area contributed by atoms with Crippen molar-refractivity contribution >= 4 is 12.2 Å². The fourth-order valence-electron chi connectivity index (χ4n) is 2.12. The summed E-state index contributed by atoms with van der Waals surface area (Å²) in [4.78, 5) is 0. The average Bonchev–Trinajstić information content (AvgIpc) is 2.71. The first-order chi connectivity index (χ1) is 12.9. The molecule has 0 spiro atoms. The molecule has 2 aromatic carbocycles. The summed E-state index contributed by atoms with van der Waals surface area (Å²) in [5, 5.41) is 0. The molecule has 142 valence electrons. The van der Waals surface area contributed by atoms with Gasteiger partial charge in [0, 0.05) is 6.61 Å². The molecule has 3 heteroatoms. The Balaban J connectivity index is 0.00000163. The van der Waals surface area contributed by atoms with Gasteiger partial charge in [0.25, 0.3) is 0 Å². The Morgan fingerprint density at radius 2 is 1.19 bits per heavy atom. The van der Waals surface area contributed by atoms with Crippen molar-refractivity contribution in [1.29, 1.82) is 0 Å². The molecule has 2 aromatic rings. The van der Waals surface area contributed by atoms with E-state index in [0.29, 0.717) is 26.4 Å². The molecule has 0 fully saturated rings. The van der Waals surface area contributed by atoms with Crippen molar-refractivity contribution < 1.29 is 14.2 Å². The molecule has 26 heavy (non-hydrogen) atoms. The molecule has 0 heterocycles. The van der Waals surface area contributed by atoms with Gasteiger partial charge in [-0.05, 0) is 29.7 Å². The molecule has 0 unspecified atom stereocenters. The monoisotopic (exact) mass is 356 g/mol. The molecule has 3 nitrogen and oxygen atoms in total. The van der Waals surface area contributed by atoms with Crippen LogP contribution in [0.25, 0.3) is 12.2 Å². The minimum atomic E-state index is 0.549. The van der Waals surface area contributed by atoms with Crippen molar-refractivity contribution in [3.05, 3.63) is 65.7 Å². The minimum absolute atomic E-state index is 0.549. The smallest absolute Gasteiger partial charge is 0.119 e. The zero-order chi connectivity index (χ0) is 18.9. The van der Waals surface area contributed by atoms with Gasteiger partial charge in [-0.25, -0.2) is 0 Å². The first kappa shape index (κ1) is 21.9. The fraction of sp³-hybridized carbons (Fsp3) is 0.391. The Labute approximate surface area is 158 Å². The lowest BCUT2D eigenvalue weighted by Gasteiger charge is -2.07. The molecule has 0 aliphatic rings. The maximum absolute atomic E-state index is 5.66. The van der Waals surface area contributed by atoms with E-state index in [-0.39, 0.29) is 0 Å². The highest BCUT2D eigenvalue weighted by Crippen LogP contribution is 2.14. The first-order valence-electron chi connectivity index (χ1n) is 9.50. The molecule has 0 aliphatic heterocycles. The number of rotatable bonds is 11. The van der Waals surface area contributed by atoms with Gasteiger partial charge in [0.2, 0.25) is 0 Å². The second-order valence-electron chi connectivity index (χ2n) is 5.39. The van der Waals surface area contributed by atoms with Crippen LogP contribution in [0.1, 0.15) is 38.3 Å². The predicted molar refractivity (Wildman–Crippen MR) is 111 cm³/mol. The zero-order valence-electron chi connectivity index (χ0n) is 16.3. The molecule has 0 atom stereocenters. The van der Waals surface area contributed by atoms with Crippen LogP contribution >= 0.6 is 0 Å². The van der Waals surface area contributed by atoms with Crippen molar-refractivity contribution in [2.24, 2.45) is 0 Å². The van der Waals surface area contributed by atoms with Gasteiger partial charge < -0.3 is 14.2 Å². The maximum atomic E-state index is 5.66. The lowest BCUT2D eigenvalue weighted by molar-refractivity contribution is 0.0366. The SMILES string of the molecule is CC.CCCOCCOCCOc1ccc(/C=C/c2ccccc2)cc1. The number of benzene rings is 2. The van der Waals surface area contributed by atoms with Gasteiger partial charge >= 0.3 is 0 Å². The van der Waals surface area contributed by atoms with Gasteiger partial charge in [0.15, 0.2) is 0 Å². The quantitative estimate of drug-likeness (QED) is 0.381. The van der Waals surface area contributed by atoms with Gasteiger partial charge in [-0.2, -0.15) is 0 Å². The summed E-state index contributed by atoms with van der Waals surface area (Å²) in [7, 11) is 0.